The van der Waals surface area contributed by atoms with Gasteiger partial charge < -0.3 is 15.0 Å². The van der Waals surface area contributed by atoms with Crippen molar-refractivity contribution in [2.24, 2.45) is 0 Å². The maximum Gasteiger partial charge on any atom is 0.231 e. The fraction of sp³-hybridized carbons (Fsp3) is 0.727. The zero-order chi connectivity index (χ0) is 13.0. The van der Waals surface area contributed by atoms with E-state index in [2.05, 4.69) is 27.2 Å². The Morgan fingerprint density at radius 3 is 2.94 bits per heavy atom. The number of rotatable bonds is 5. The molecule has 0 spiro atoms. The summed E-state index contributed by atoms with van der Waals surface area (Å²) >= 11 is 5.92. The van der Waals surface area contributed by atoms with Crippen LogP contribution in [-0.4, -0.2) is 47.8 Å². The zero-order valence-electron chi connectivity index (χ0n) is 10.7. The number of hydrogen-bond donors (Lipinski definition) is 1. The van der Waals surface area contributed by atoms with Gasteiger partial charge in [-0.25, -0.2) is 0 Å². The standard InChI is InChI=1S/C11H18ClN5O/c1-3-5-13-10-14-9(12)15-11(16-10)17(2)8-4-6-18-7-8/h8H,3-7H2,1-2H3,(H,13,14,15,16). The van der Waals surface area contributed by atoms with Crippen molar-refractivity contribution in [2.45, 2.75) is 25.8 Å². The minimum atomic E-state index is 0.212. The second-order valence-electron chi connectivity index (χ2n) is 4.28. The highest BCUT2D eigenvalue weighted by Gasteiger charge is 2.23. The number of likely N-dealkylation sites (N-methyl/N-ethyl adjacent to an activating group) is 1. The Labute approximate surface area is 112 Å². The molecule has 7 heteroatoms. The third kappa shape index (κ3) is 3.20. The van der Waals surface area contributed by atoms with Crippen LogP contribution in [0.1, 0.15) is 19.8 Å². The van der Waals surface area contributed by atoms with Crippen molar-refractivity contribution in [3.05, 3.63) is 5.28 Å². The molecule has 18 heavy (non-hydrogen) atoms. The Hall–Kier alpha value is -1.14. The molecule has 1 fully saturated rings. The predicted octanol–water partition coefficient (Wildman–Crippen LogP) is 1.57. The third-order valence-corrected chi connectivity index (χ3v) is 3.07. The van der Waals surface area contributed by atoms with Gasteiger partial charge in [0.15, 0.2) is 0 Å². The highest BCUT2D eigenvalue weighted by molar-refractivity contribution is 6.28. The number of aromatic nitrogens is 3. The minimum absolute atomic E-state index is 0.212. The van der Waals surface area contributed by atoms with Gasteiger partial charge >= 0.3 is 0 Å². The molecule has 1 aliphatic rings. The van der Waals surface area contributed by atoms with E-state index in [9.17, 15) is 0 Å². The molecular weight excluding hydrogens is 254 g/mol. The van der Waals surface area contributed by atoms with Crippen LogP contribution in [0.3, 0.4) is 0 Å². The molecule has 100 valence electrons. The van der Waals surface area contributed by atoms with E-state index < -0.39 is 0 Å². The SMILES string of the molecule is CCCNc1nc(Cl)nc(N(C)C2CCOC2)n1. The lowest BCUT2D eigenvalue weighted by Gasteiger charge is -2.23. The Morgan fingerprint density at radius 2 is 2.28 bits per heavy atom. The number of anilines is 2. The van der Waals surface area contributed by atoms with Crippen molar-refractivity contribution in [2.75, 3.05) is 37.0 Å². The summed E-state index contributed by atoms with van der Waals surface area (Å²) in [6.45, 7) is 4.39. The Bertz CT molecular complexity index is 397. The fourth-order valence-electron chi connectivity index (χ4n) is 1.80. The summed E-state index contributed by atoms with van der Waals surface area (Å²) in [7, 11) is 1.95. The number of nitrogens with zero attached hydrogens (tertiary/aromatic N) is 4. The van der Waals surface area contributed by atoms with Gasteiger partial charge in [-0.3, -0.25) is 0 Å². The minimum Gasteiger partial charge on any atom is -0.379 e. The van der Waals surface area contributed by atoms with Gasteiger partial charge in [0, 0.05) is 20.2 Å². The fourth-order valence-corrected chi connectivity index (χ4v) is 1.96. The normalized spacial score (nSPS) is 18.9. The van der Waals surface area contributed by atoms with Crippen LogP contribution < -0.4 is 10.2 Å². The average Bonchev–Trinajstić information content (AvgIpc) is 2.88. The van der Waals surface area contributed by atoms with E-state index in [-0.39, 0.29) is 5.28 Å². The largest absolute Gasteiger partial charge is 0.379 e. The quantitative estimate of drug-likeness (QED) is 0.877. The molecule has 0 aliphatic carbocycles. The van der Waals surface area contributed by atoms with E-state index in [0.717, 1.165) is 26.0 Å². The number of nitrogens with one attached hydrogen (secondary N) is 1. The molecule has 1 aromatic rings. The van der Waals surface area contributed by atoms with Gasteiger partial charge in [0.25, 0.3) is 0 Å². The van der Waals surface area contributed by atoms with Crippen LogP contribution in [-0.2, 0) is 4.74 Å². The van der Waals surface area contributed by atoms with Crippen LogP contribution >= 0.6 is 11.6 Å². The molecule has 0 saturated carbocycles. The summed E-state index contributed by atoms with van der Waals surface area (Å²) in [4.78, 5) is 14.6. The van der Waals surface area contributed by atoms with E-state index in [1.807, 2.05) is 11.9 Å². The molecule has 1 aliphatic heterocycles. The van der Waals surface area contributed by atoms with Crippen LogP contribution in [0.5, 0.6) is 0 Å². The monoisotopic (exact) mass is 271 g/mol. The molecule has 0 amide bonds. The highest BCUT2D eigenvalue weighted by Crippen LogP contribution is 2.18. The number of halogens is 1. The highest BCUT2D eigenvalue weighted by atomic mass is 35.5. The molecule has 1 unspecified atom stereocenters. The lowest BCUT2D eigenvalue weighted by Crippen LogP contribution is -2.33. The molecule has 6 nitrogen and oxygen atoms in total. The maximum absolute atomic E-state index is 5.92. The molecule has 1 aromatic heterocycles. The van der Waals surface area contributed by atoms with Gasteiger partial charge in [-0.2, -0.15) is 15.0 Å². The van der Waals surface area contributed by atoms with Gasteiger partial charge in [-0.1, -0.05) is 6.92 Å². The lowest BCUT2D eigenvalue weighted by molar-refractivity contribution is 0.193. The molecule has 1 saturated heterocycles. The van der Waals surface area contributed by atoms with Crippen LogP contribution in [0.25, 0.3) is 0 Å². The number of ether oxygens (including phenoxy) is 1. The summed E-state index contributed by atoms with van der Waals surface area (Å²) in [6.07, 6.45) is 1.99. The Morgan fingerprint density at radius 1 is 1.44 bits per heavy atom. The second-order valence-corrected chi connectivity index (χ2v) is 4.62. The Kier molecular flexibility index (Phi) is 4.54. The van der Waals surface area contributed by atoms with Crippen LogP contribution in [0.15, 0.2) is 0 Å². The first-order valence-electron chi connectivity index (χ1n) is 6.16. The maximum atomic E-state index is 5.92. The molecule has 1 atom stereocenters. The van der Waals surface area contributed by atoms with Crippen molar-refractivity contribution < 1.29 is 4.74 Å². The van der Waals surface area contributed by atoms with Gasteiger partial charge in [0.05, 0.1) is 12.6 Å². The van der Waals surface area contributed by atoms with Crippen LogP contribution in [0.4, 0.5) is 11.9 Å². The summed E-state index contributed by atoms with van der Waals surface area (Å²) in [5, 5.41) is 3.33. The van der Waals surface area contributed by atoms with Gasteiger partial charge in [-0.05, 0) is 24.4 Å². The van der Waals surface area contributed by atoms with Gasteiger partial charge in [0.1, 0.15) is 0 Å². The van der Waals surface area contributed by atoms with E-state index >= 15 is 0 Å². The first kappa shape index (κ1) is 13.3. The zero-order valence-corrected chi connectivity index (χ0v) is 11.4. The smallest absolute Gasteiger partial charge is 0.231 e. The van der Waals surface area contributed by atoms with Crippen molar-refractivity contribution in [1.82, 2.24) is 15.0 Å². The van der Waals surface area contributed by atoms with Crippen molar-refractivity contribution >= 4 is 23.5 Å². The van der Waals surface area contributed by atoms with Gasteiger partial charge in [-0.15, -0.1) is 0 Å². The summed E-state index contributed by atoms with van der Waals surface area (Å²) in [5.74, 6) is 1.11. The summed E-state index contributed by atoms with van der Waals surface area (Å²) in [5.41, 5.74) is 0. The summed E-state index contributed by atoms with van der Waals surface area (Å²) < 4.78 is 5.36. The van der Waals surface area contributed by atoms with E-state index in [4.69, 9.17) is 16.3 Å². The first-order valence-corrected chi connectivity index (χ1v) is 6.54. The van der Waals surface area contributed by atoms with Crippen molar-refractivity contribution in [3.63, 3.8) is 0 Å². The molecular formula is C11H18ClN5O. The molecule has 2 heterocycles. The second kappa shape index (κ2) is 6.15. The average molecular weight is 272 g/mol. The molecule has 2 rings (SSSR count). The third-order valence-electron chi connectivity index (χ3n) is 2.90. The lowest BCUT2D eigenvalue weighted by atomic mass is 10.2. The van der Waals surface area contributed by atoms with Gasteiger partial charge in [0.2, 0.25) is 17.2 Å². The van der Waals surface area contributed by atoms with E-state index in [1.54, 1.807) is 0 Å². The van der Waals surface area contributed by atoms with E-state index in [1.165, 1.54) is 0 Å². The van der Waals surface area contributed by atoms with Crippen LogP contribution in [0, 0.1) is 0 Å². The molecule has 1 N–H and O–H groups in total. The van der Waals surface area contributed by atoms with Crippen molar-refractivity contribution in [3.8, 4) is 0 Å². The van der Waals surface area contributed by atoms with E-state index in [0.29, 0.717) is 24.5 Å². The van der Waals surface area contributed by atoms with Crippen molar-refractivity contribution in [1.29, 1.82) is 0 Å². The van der Waals surface area contributed by atoms with Crippen LogP contribution in [0.2, 0.25) is 5.28 Å². The molecule has 0 aromatic carbocycles. The topological polar surface area (TPSA) is 63.2 Å². The Balaban J connectivity index is 2.13. The predicted molar refractivity (Wildman–Crippen MR) is 71.2 cm³/mol. The molecule has 0 bridgehead atoms. The summed E-state index contributed by atoms with van der Waals surface area (Å²) in [6, 6.07) is 0.308. The molecule has 0 radical (unpaired) electrons. The first-order chi connectivity index (χ1) is 8.70. The number of hydrogen-bond acceptors (Lipinski definition) is 6.